The number of anilines is 1. The van der Waals surface area contributed by atoms with Gasteiger partial charge in [-0.25, -0.2) is 19.2 Å². The molecule has 0 saturated carbocycles. The van der Waals surface area contributed by atoms with E-state index in [0.29, 0.717) is 61.1 Å². The van der Waals surface area contributed by atoms with Gasteiger partial charge in [0, 0.05) is 42.9 Å². The maximum absolute atomic E-state index is 15.3. The molecule has 2 saturated heterocycles. The van der Waals surface area contributed by atoms with Crippen molar-refractivity contribution >= 4 is 23.3 Å². The number of carbonyl (C=O) groups excluding carboxylic acids is 2. The molecule has 1 amide bonds. The maximum Gasteiger partial charge on any atom is 0.410 e. The van der Waals surface area contributed by atoms with Crippen molar-refractivity contribution in [1.29, 1.82) is 0 Å². The number of rotatable bonds is 10. The van der Waals surface area contributed by atoms with Gasteiger partial charge in [0.05, 0.1) is 29.0 Å². The number of amides is 1. The average molecular weight is 584 g/mol. The number of benzene rings is 1. The van der Waals surface area contributed by atoms with Gasteiger partial charge in [-0.15, -0.1) is 0 Å². The second kappa shape index (κ2) is 12.6. The van der Waals surface area contributed by atoms with E-state index in [1.165, 1.54) is 25.1 Å². The number of allylic oxidation sites excluding steroid dienone is 2. The SMILES string of the molecule is CCC[C@@H](O)COc1ccc(F)c(-c2nc(C(C(C)=O)=C(C)N)c(C)c(N3CC4(CCN(C(=O)OC(C)C)C4)C3)n2)c1. The Hall–Kier alpha value is -3.73. The number of hydrogen-bond acceptors (Lipinski definition) is 9. The molecule has 3 N–H and O–H groups in total. The number of likely N-dealkylation sites (tertiary alicyclic amines) is 1. The van der Waals surface area contributed by atoms with Gasteiger partial charge in [0.1, 0.15) is 24.0 Å². The molecule has 2 aromatic rings. The van der Waals surface area contributed by atoms with E-state index in [-0.39, 0.29) is 47.0 Å². The number of aliphatic hydroxyl groups excluding tert-OH is 1. The fraction of sp³-hybridized carbons (Fsp3) is 0.548. The van der Waals surface area contributed by atoms with Crippen LogP contribution in [0, 0.1) is 18.2 Å². The number of Topliss-reactive ketones (excluding diaryl/α,β-unsaturated/α-hetero) is 1. The number of carbonyl (C=O) groups is 2. The molecule has 42 heavy (non-hydrogen) atoms. The third kappa shape index (κ3) is 6.67. The summed E-state index contributed by atoms with van der Waals surface area (Å²) in [4.78, 5) is 38.4. The van der Waals surface area contributed by atoms with Gasteiger partial charge in [0.2, 0.25) is 0 Å². The quantitative estimate of drug-likeness (QED) is 0.389. The smallest absolute Gasteiger partial charge is 0.410 e. The molecule has 3 heterocycles. The normalized spacial score (nSPS) is 17.3. The number of halogens is 1. The standard InChI is InChI=1S/C31H42FN5O5/c1-7-8-22(39)14-41-23-9-10-25(32)24(13-23)28-34-27(26(20(5)33)21(6)38)19(4)29(35-28)37-16-31(17-37)11-12-36(15-31)30(40)42-18(2)3/h9-10,13,18,22,39H,7-8,11-12,14-17,33H2,1-6H3/t22-/m1/s1. The van der Waals surface area contributed by atoms with Crippen molar-refractivity contribution in [3.8, 4) is 17.1 Å². The largest absolute Gasteiger partial charge is 0.491 e. The molecule has 0 aliphatic carbocycles. The number of nitrogens with two attached hydrogens (primary N) is 1. The summed E-state index contributed by atoms with van der Waals surface area (Å²) in [7, 11) is 0. The Balaban J connectivity index is 1.68. The van der Waals surface area contributed by atoms with Crippen LogP contribution in [0.1, 0.15) is 65.1 Å². The lowest BCUT2D eigenvalue weighted by Gasteiger charge is -2.49. The lowest BCUT2D eigenvalue weighted by Crippen LogP contribution is -2.58. The molecule has 4 rings (SSSR count). The van der Waals surface area contributed by atoms with Crippen molar-refractivity contribution in [3.05, 3.63) is 41.0 Å². The number of aromatic nitrogens is 2. The maximum atomic E-state index is 15.3. The molecular formula is C31H42FN5O5. The summed E-state index contributed by atoms with van der Waals surface area (Å²) in [6, 6.07) is 4.27. The molecule has 1 aromatic heterocycles. The summed E-state index contributed by atoms with van der Waals surface area (Å²) in [6.07, 6.45) is 1.11. The minimum absolute atomic E-state index is 0.0747. The molecule has 0 radical (unpaired) electrons. The summed E-state index contributed by atoms with van der Waals surface area (Å²) >= 11 is 0. The molecule has 2 aliphatic heterocycles. The van der Waals surface area contributed by atoms with E-state index in [2.05, 4.69) is 9.88 Å². The Morgan fingerprint density at radius 2 is 1.90 bits per heavy atom. The topological polar surface area (TPSA) is 131 Å². The first kappa shape index (κ1) is 31.2. The Labute approximate surface area is 246 Å². The third-order valence-corrected chi connectivity index (χ3v) is 7.73. The van der Waals surface area contributed by atoms with Crippen molar-refractivity contribution in [2.45, 2.75) is 73.0 Å². The molecular weight excluding hydrogens is 541 g/mol. The molecule has 2 fully saturated rings. The summed E-state index contributed by atoms with van der Waals surface area (Å²) in [5, 5.41) is 10.1. The van der Waals surface area contributed by atoms with Crippen LogP contribution in [-0.2, 0) is 9.53 Å². The lowest BCUT2D eigenvalue weighted by atomic mass is 9.79. The van der Waals surface area contributed by atoms with Gasteiger partial charge < -0.3 is 30.1 Å². The van der Waals surface area contributed by atoms with Crippen LogP contribution in [0.3, 0.4) is 0 Å². The lowest BCUT2D eigenvalue weighted by molar-refractivity contribution is -0.111. The zero-order valence-electron chi connectivity index (χ0n) is 25.4. The number of aliphatic hydroxyl groups is 1. The van der Waals surface area contributed by atoms with Gasteiger partial charge in [-0.3, -0.25) is 4.79 Å². The minimum Gasteiger partial charge on any atom is -0.491 e. The second-order valence-electron chi connectivity index (χ2n) is 11.8. The van der Waals surface area contributed by atoms with E-state index < -0.39 is 11.9 Å². The van der Waals surface area contributed by atoms with Crippen LogP contribution in [0.4, 0.5) is 15.0 Å². The van der Waals surface area contributed by atoms with E-state index in [1.807, 2.05) is 27.7 Å². The summed E-state index contributed by atoms with van der Waals surface area (Å²) in [5.41, 5.74) is 7.71. The molecule has 1 atom stereocenters. The van der Waals surface area contributed by atoms with Crippen LogP contribution in [-0.4, -0.2) is 76.8 Å². The molecule has 1 spiro atoms. The summed E-state index contributed by atoms with van der Waals surface area (Å²) < 4.78 is 26.4. The van der Waals surface area contributed by atoms with E-state index in [9.17, 15) is 14.7 Å². The first-order chi connectivity index (χ1) is 19.8. The molecule has 228 valence electrons. The average Bonchev–Trinajstić information content (AvgIpc) is 3.34. The summed E-state index contributed by atoms with van der Waals surface area (Å²) in [6.45, 7) is 13.1. The summed E-state index contributed by atoms with van der Waals surface area (Å²) in [5.74, 6) is 0.232. The zero-order chi connectivity index (χ0) is 30.8. The first-order valence-corrected chi connectivity index (χ1v) is 14.5. The number of hydrogen-bond donors (Lipinski definition) is 2. The predicted molar refractivity (Wildman–Crippen MR) is 158 cm³/mol. The van der Waals surface area contributed by atoms with Gasteiger partial charge in [-0.1, -0.05) is 13.3 Å². The van der Waals surface area contributed by atoms with E-state index in [0.717, 1.165) is 12.8 Å². The molecule has 0 bridgehead atoms. The van der Waals surface area contributed by atoms with Crippen molar-refractivity contribution in [1.82, 2.24) is 14.9 Å². The van der Waals surface area contributed by atoms with Crippen LogP contribution in [0.15, 0.2) is 23.9 Å². The first-order valence-electron chi connectivity index (χ1n) is 14.5. The monoisotopic (exact) mass is 583 g/mol. The highest BCUT2D eigenvalue weighted by Crippen LogP contribution is 2.43. The van der Waals surface area contributed by atoms with Crippen LogP contribution < -0.4 is 15.4 Å². The molecule has 11 heteroatoms. The number of nitrogens with zero attached hydrogens (tertiary/aromatic N) is 4. The van der Waals surface area contributed by atoms with Gasteiger partial charge in [0.15, 0.2) is 11.6 Å². The second-order valence-corrected chi connectivity index (χ2v) is 11.8. The van der Waals surface area contributed by atoms with Crippen molar-refractivity contribution < 1.29 is 28.6 Å². The fourth-order valence-corrected chi connectivity index (χ4v) is 5.72. The van der Waals surface area contributed by atoms with Gasteiger partial charge in [-0.2, -0.15) is 0 Å². The predicted octanol–water partition coefficient (Wildman–Crippen LogP) is 4.47. The molecule has 2 aliphatic rings. The van der Waals surface area contributed by atoms with E-state index in [1.54, 1.807) is 11.8 Å². The van der Waals surface area contributed by atoms with E-state index in [4.69, 9.17) is 20.2 Å². The van der Waals surface area contributed by atoms with Crippen LogP contribution in [0.5, 0.6) is 5.75 Å². The fourth-order valence-electron chi connectivity index (χ4n) is 5.72. The minimum atomic E-state index is -0.634. The van der Waals surface area contributed by atoms with Crippen LogP contribution >= 0.6 is 0 Å². The zero-order valence-corrected chi connectivity index (χ0v) is 25.4. The van der Waals surface area contributed by atoms with Gasteiger partial charge >= 0.3 is 6.09 Å². The molecule has 10 nitrogen and oxygen atoms in total. The number of ketones is 1. The van der Waals surface area contributed by atoms with Crippen molar-refractivity contribution in [2.24, 2.45) is 11.1 Å². The Bertz CT molecular complexity index is 1370. The van der Waals surface area contributed by atoms with Gasteiger partial charge in [0.25, 0.3) is 0 Å². The highest BCUT2D eigenvalue weighted by molar-refractivity contribution is 6.20. The van der Waals surface area contributed by atoms with Crippen LogP contribution in [0.2, 0.25) is 0 Å². The number of ether oxygens (including phenoxy) is 2. The van der Waals surface area contributed by atoms with Crippen molar-refractivity contribution in [2.75, 3.05) is 37.7 Å². The highest BCUT2D eigenvalue weighted by Gasteiger charge is 2.50. The van der Waals surface area contributed by atoms with Crippen LogP contribution in [0.25, 0.3) is 17.0 Å². The van der Waals surface area contributed by atoms with Crippen molar-refractivity contribution in [3.63, 3.8) is 0 Å². The Kier molecular flexibility index (Phi) is 9.40. The third-order valence-electron chi connectivity index (χ3n) is 7.73. The van der Waals surface area contributed by atoms with Gasteiger partial charge in [-0.05, 0) is 65.7 Å². The molecule has 0 unspecified atom stereocenters. The highest BCUT2D eigenvalue weighted by atomic mass is 19.1. The Morgan fingerprint density at radius 3 is 2.52 bits per heavy atom. The molecule has 1 aromatic carbocycles. The Morgan fingerprint density at radius 1 is 1.19 bits per heavy atom. The van der Waals surface area contributed by atoms with E-state index >= 15 is 4.39 Å².